The number of amidine groups is 2. The summed E-state index contributed by atoms with van der Waals surface area (Å²) in [5.74, 6) is -0.0999. The van der Waals surface area contributed by atoms with Gasteiger partial charge in [-0.05, 0) is 22.7 Å². The number of amides is 1. The maximum Gasteiger partial charge on any atom is 0.255 e. The van der Waals surface area contributed by atoms with E-state index in [1.54, 1.807) is 0 Å². The van der Waals surface area contributed by atoms with E-state index in [-0.39, 0.29) is 23.6 Å². The summed E-state index contributed by atoms with van der Waals surface area (Å²) in [5, 5.41) is 14.9. The fourth-order valence-corrected chi connectivity index (χ4v) is 3.06. The van der Waals surface area contributed by atoms with Gasteiger partial charge in [0.15, 0.2) is 5.17 Å². The minimum Gasteiger partial charge on any atom is -0.286 e. The van der Waals surface area contributed by atoms with Crippen molar-refractivity contribution in [3.05, 3.63) is 35.4 Å². The number of nitrogens with one attached hydrogen (secondary N) is 1. The first-order chi connectivity index (χ1) is 9.84. The van der Waals surface area contributed by atoms with Crippen molar-refractivity contribution in [3.8, 4) is 0 Å². The highest BCUT2D eigenvalue weighted by atomic mass is 32.2. The molecule has 5 nitrogen and oxygen atoms in total. The van der Waals surface area contributed by atoms with Crippen LogP contribution in [0.2, 0.25) is 0 Å². The maximum absolute atomic E-state index is 11.4. The largest absolute Gasteiger partial charge is 0.286 e. The molecule has 0 spiro atoms. The average molecular weight is 300 g/mol. The lowest BCUT2D eigenvalue weighted by molar-refractivity contribution is -0.117. The third kappa shape index (κ3) is 2.63. The Bertz CT molecular complexity index is 683. The zero-order valence-electron chi connectivity index (χ0n) is 12.2. The van der Waals surface area contributed by atoms with Crippen LogP contribution in [-0.2, 0) is 10.2 Å². The van der Waals surface area contributed by atoms with Crippen molar-refractivity contribution >= 4 is 33.7 Å². The highest BCUT2D eigenvalue weighted by molar-refractivity contribution is 8.27. The Hall–Kier alpha value is -1.95. The molecule has 0 unspecified atom stereocenters. The normalized spacial score (nSPS) is 18.5. The van der Waals surface area contributed by atoms with Gasteiger partial charge in [-0.1, -0.05) is 45.0 Å². The Kier molecular flexibility index (Phi) is 3.20. The lowest BCUT2D eigenvalue weighted by Gasteiger charge is -2.18. The minimum atomic E-state index is -0.279. The molecule has 2 aliphatic rings. The molecule has 1 aromatic rings. The zero-order chi connectivity index (χ0) is 15.2. The van der Waals surface area contributed by atoms with E-state index in [1.165, 1.54) is 22.3 Å². The van der Waals surface area contributed by atoms with Gasteiger partial charge in [-0.25, -0.2) is 0 Å². The topological polar surface area (TPSA) is 68.9 Å². The highest BCUT2D eigenvalue weighted by Gasteiger charge is 2.32. The molecule has 1 N–H and O–H groups in total. The van der Waals surface area contributed by atoms with Gasteiger partial charge in [-0.2, -0.15) is 15.1 Å². The van der Waals surface area contributed by atoms with Crippen LogP contribution in [0.25, 0.3) is 0 Å². The van der Waals surface area contributed by atoms with E-state index in [4.69, 9.17) is 5.41 Å². The van der Waals surface area contributed by atoms with Gasteiger partial charge in [0.2, 0.25) is 0 Å². The number of thioether (sulfide) groups is 1. The first-order valence-electron chi connectivity index (χ1n) is 6.71. The smallest absolute Gasteiger partial charge is 0.255 e. The number of hydrazone groups is 1. The van der Waals surface area contributed by atoms with Crippen LogP contribution in [0.4, 0.5) is 0 Å². The molecular weight excluding hydrogens is 284 g/mol. The molecule has 0 saturated carbocycles. The first kappa shape index (κ1) is 14.0. The molecule has 2 heterocycles. The van der Waals surface area contributed by atoms with Gasteiger partial charge in [-0.15, -0.1) is 0 Å². The third-order valence-corrected chi connectivity index (χ3v) is 4.31. The molecule has 0 radical (unpaired) electrons. The third-order valence-electron chi connectivity index (χ3n) is 3.35. The summed E-state index contributed by atoms with van der Waals surface area (Å²) < 4.78 is 0. The lowest BCUT2D eigenvalue weighted by Crippen LogP contribution is -2.33. The van der Waals surface area contributed by atoms with Gasteiger partial charge in [-0.3, -0.25) is 10.2 Å². The number of nitrogens with zero attached hydrogens (tertiary/aromatic N) is 3. The molecule has 0 saturated heterocycles. The minimum absolute atomic E-state index is 0.0177. The van der Waals surface area contributed by atoms with Gasteiger partial charge in [0.25, 0.3) is 5.91 Å². The molecule has 0 atom stereocenters. The molecule has 6 heteroatoms. The Balaban J connectivity index is 1.89. The van der Waals surface area contributed by atoms with Crippen LogP contribution in [0.3, 0.4) is 0 Å². The number of hydrogen-bond acceptors (Lipinski definition) is 4. The van der Waals surface area contributed by atoms with Crippen LogP contribution in [0.5, 0.6) is 0 Å². The van der Waals surface area contributed by atoms with Crippen molar-refractivity contribution in [2.75, 3.05) is 0 Å². The number of rotatable bonds is 1. The van der Waals surface area contributed by atoms with E-state index >= 15 is 0 Å². The summed E-state index contributed by atoms with van der Waals surface area (Å²) >= 11 is 1.33. The van der Waals surface area contributed by atoms with Gasteiger partial charge in [0, 0.05) is 5.56 Å². The molecule has 1 amide bonds. The van der Waals surface area contributed by atoms with E-state index in [1.807, 2.05) is 12.1 Å². The summed E-state index contributed by atoms with van der Waals surface area (Å²) in [7, 11) is 0. The Morgan fingerprint density at radius 3 is 2.52 bits per heavy atom. The zero-order valence-corrected chi connectivity index (χ0v) is 13.0. The van der Waals surface area contributed by atoms with Crippen LogP contribution in [0.15, 0.2) is 34.4 Å². The Morgan fingerprint density at radius 2 is 1.90 bits per heavy atom. The van der Waals surface area contributed by atoms with Crippen molar-refractivity contribution in [2.24, 2.45) is 10.1 Å². The van der Waals surface area contributed by atoms with Gasteiger partial charge in [0.1, 0.15) is 10.9 Å². The molecule has 0 aliphatic carbocycles. The number of fused-ring (bicyclic) bond motifs is 1. The monoisotopic (exact) mass is 300 g/mol. The second-order valence-electron chi connectivity index (χ2n) is 6.06. The summed E-state index contributed by atoms with van der Waals surface area (Å²) in [6.07, 6.45) is 0.0177. The molecule has 1 aromatic carbocycles. The first-order valence-corrected chi connectivity index (χ1v) is 7.53. The molecule has 0 fully saturated rings. The van der Waals surface area contributed by atoms with Crippen LogP contribution >= 0.6 is 11.8 Å². The van der Waals surface area contributed by atoms with Crippen molar-refractivity contribution in [2.45, 2.75) is 32.6 Å². The SMILES string of the molecule is CC(C)(C)c1ccc(C2=NN3C(=N)CC(=O)N=C3S2)cc1. The summed E-state index contributed by atoms with van der Waals surface area (Å²) in [6.45, 7) is 6.52. The molecule has 108 valence electrons. The standard InChI is InChI=1S/C15H16N4OS/c1-15(2,3)10-6-4-9(5-7-10)13-18-19-11(16)8-12(20)17-14(19)21-13/h4-7,16H,8H2,1-3H3. The predicted molar refractivity (Wildman–Crippen MR) is 85.9 cm³/mol. The van der Waals surface area contributed by atoms with Crippen molar-refractivity contribution < 1.29 is 4.79 Å². The maximum atomic E-state index is 11.4. The van der Waals surface area contributed by atoms with Gasteiger partial charge in [0.05, 0.1) is 6.42 Å². The van der Waals surface area contributed by atoms with Crippen molar-refractivity contribution in [1.29, 1.82) is 5.41 Å². The molecule has 3 rings (SSSR count). The van der Waals surface area contributed by atoms with Crippen molar-refractivity contribution in [3.63, 3.8) is 0 Å². The molecular formula is C15H16N4OS. The fraction of sp³-hybridized carbons (Fsp3) is 0.333. The number of hydrogen-bond donors (Lipinski definition) is 1. The fourth-order valence-electron chi connectivity index (χ4n) is 2.12. The van der Waals surface area contributed by atoms with E-state index in [9.17, 15) is 4.79 Å². The summed E-state index contributed by atoms with van der Waals surface area (Å²) in [6, 6.07) is 8.23. The number of carbonyl (C=O) groups excluding carboxylic acids is 1. The van der Waals surface area contributed by atoms with Crippen molar-refractivity contribution in [1.82, 2.24) is 5.01 Å². The van der Waals surface area contributed by atoms with E-state index in [0.29, 0.717) is 5.17 Å². The summed E-state index contributed by atoms with van der Waals surface area (Å²) in [4.78, 5) is 15.3. The average Bonchev–Trinajstić information content (AvgIpc) is 2.82. The van der Waals surface area contributed by atoms with E-state index < -0.39 is 0 Å². The second kappa shape index (κ2) is 4.80. The highest BCUT2D eigenvalue weighted by Crippen LogP contribution is 2.30. The van der Waals surface area contributed by atoms with Crippen LogP contribution < -0.4 is 0 Å². The quantitative estimate of drug-likeness (QED) is 0.867. The number of benzene rings is 1. The lowest BCUT2D eigenvalue weighted by atomic mass is 9.87. The van der Waals surface area contributed by atoms with Crippen LogP contribution in [0.1, 0.15) is 38.3 Å². The molecule has 0 aromatic heterocycles. The van der Waals surface area contributed by atoms with Gasteiger partial charge < -0.3 is 0 Å². The molecule has 2 aliphatic heterocycles. The summed E-state index contributed by atoms with van der Waals surface area (Å²) in [5.41, 5.74) is 2.34. The Labute approximate surface area is 127 Å². The predicted octanol–water partition coefficient (Wildman–Crippen LogP) is 2.96. The van der Waals surface area contributed by atoms with E-state index in [2.05, 4.69) is 43.0 Å². The molecule has 21 heavy (non-hydrogen) atoms. The second-order valence-corrected chi connectivity index (χ2v) is 7.01. The van der Waals surface area contributed by atoms with E-state index in [0.717, 1.165) is 10.6 Å². The number of carbonyl (C=O) groups is 1. The Morgan fingerprint density at radius 1 is 1.24 bits per heavy atom. The van der Waals surface area contributed by atoms with Gasteiger partial charge >= 0.3 is 0 Å². The molecule has 0 bridgehead atoms. The van der Waals surface area contributed by atoms with Crippen LogP contribution in [-0.4, -0.2) is 27.0 Å². The number of aliphatic imine (C=N–C) groups is 1. The van der Waals surface area contributed by atoms with Crippen LogP contribution in [0, 0.1) is 5.41 Å².